The molecule has 0 atom stereocenters. The van der Waals surface area contributed by atoms with E-state index in [0.717, 1.165) is 18.4 Å². The third-order valence-corrected chi connectivity index (χ3v) is 3.77. The van der Waals surface area contributed by atoms with Crippen LogP contribution in [0.5, 0.6) is 0 Å². The van der Waals surface area contributed by atoms with E-state index in [4.69, 9.17) is 4.74 Å². The molecule has 0 saturated carbocycles. The molecule has 1 aromatic carbocycles. The van der Waals surface area contributed by atoms with E-state index in [0.29, 0.717) is 13.1 Å². The predicted molar refractivity (Wildman–Crippen MR) is 98.0 cm³/mol. The van der Waals surface area contributed by atoms with Gasteiger partial charge in [-0.15, -0.1) is 0 Å². The summed E-state index contributed by atoms with van der Waals surface area (Å²) in [4.78, 5) is 25.6. The van der Waals surface area contributed by atoms with Gasteiger partial charge in [-0.2, -0.15) is 0 Å². The average molecular weight is 345 g/mol. The zero-order valence-electron chi connectivity index (χ0n) is 15.1. The molecule has 2 N–H and O–H groups in total. The van der Waals surface area contributed by atoms with Crippen LogP contribution >= 0.6 is 0 Å². The summed E-state index contributed by atoms with van der Waals surface area (Å²) in [5.41, 5.74) is 0.533. The summed E-state index contributed by atoms with van der Waals surface area (Å²) in [6.45, 7) is 6.73. The van der Waals surface area contributed by atoms with Gasteiger partial charge in [0.2, 0.25) is 0 Å². The van der Waals surface area contributed by atoms with Crippen molar-refractivity contribution in [3.05, 3.63) is 42.1 Å². The summed E-state index contributed by atoms with van der Waals surface area (Å²) in [5.74, 6) is 0. The van der Waals surface area contributed by atoms with Crippen LogP contribution in [0.4, 0.5) is 9.59 Å². The monoisotopic (exact) mass is 345 g/mol. The highest BCUT2D eigenvalue weighted by Gasteiger charge is 2.27. The molecule has 1 aliphatic rings. The minimum absolute atomic E-state index is 0.0591. The van der Waals surface area contributed by atoms with E-state index in [1.54, 1.807) is 11.1 Å². The SMILES string of the molecule is CC(C)(C)OC(=O)N1CCC(NC(=O)N/C=C/c2ccccc2)CC1. The third kappa shape index (κ3) is 6.87. The number of nitrogens with one attached hydrogen (secondary N) is 2. The molecular formula is C19H27N3O3. The Balaban J connectivity index is 1.70. The van der Waals surface area contributed by atoms with Gasteiger partial charge in [-0.3, -0.25) is 0 Å². The summed E-state index contributed by atoms with van der Waals surface area (Å²) >= 11 is 0. The van der Waals surface area contributed by atoms with Crippen molar-refractivity contribution in [3.8, 4) is 0 Å². The van der Waals surface area contributed by atoms with E-state index in [1.807, 2.05) is 57.2 Å². The first kappa shape index (κ1) is 18.8. The first-order valence-corrected chi connectivity index (χ1v) is 8.60. The minimum atomic E-state index is -0.489. The second-order valence-electron chi connectivity index (χ2n) is 7.10. The van der Waals surface area contributed by atoms with Gasteiger partial charge in [0.15, 0.2) is 0 Å². The van der Waals surface area contributed by atoms with Crippen molar-refractivity contribution in [2.45, 2.75) is 45.3 Å². The van der Waals surface area contributed by atoms with Gasteiger partial charge in [-0.1, -0.05) is 30.3 Å². The fourth-order valence-corrected chi connectivity index (χ4v) is 2.54. The molecule has 0 aliphatic carbocycles. The maximum Gasteiger partial charge on any atom is 0.410 e. The molecule has 0 unspecified atom stereocenters. The van der Waals surface area contributed by atoms with Crippen molar-refractivity contribution >= 4 is 18.2 Å². The Morgan fingerprint density at radius 3 is 2.40 bits per heavy atom. The summed E-state index contributed by atoms with van der Waals surface area (Å²) in [7, 11) is 0. The molecule has 6 heteroatoms. The number of ether oxygens (including phenoxy) is 1. The number of carbonyl (C=O) groups is 2. The quantitative estimate of drug-likeness (QED) is 0.882. The molecule has 136 valence electrons. The number of urea groups is 1. The summed E-state index contributed by atoms with van der Waals surface area (Å²) in [5, 5.41) is 5.64. The van der Waals surface area contributed by atoms with Crippen molar-refractivity contribution in [1.29, 1.82) is 0 Å². The Morgan fingerprint density at radius 2 is 1.80 bits per heavy atom. The molecule has 1 heterocycles. The Morgan fingerprint density at radius 1 is 1.16 bits per heavy atom. The number of nitrogens with zero attached hydrogens (tertiary/aromatic N) is 1. The van der Waals surface area contributed by atoms with Crippen LogP contribution < -0.4 is 10.6 Å². The van der Waals surface area contributed by atoms with Crippen LogP contribution in [0.1, 0.15) is 39.2 Å². The molecule has 0 bridgehead atoms. The summed E-state index contributed by atoms with van der Waals surface area (Å²) < 4.78 is 5.37. The predicted octanol–water partition coefficient (Wildman–Crippen LogP) is 3.36. The normalized spacial score (nSPS) is 15.9. The van der Waals surface area contributed by atoms with Crippen LogP contribution in [0.2, 0.25) is 0 Å². The lowest BCUT2D eigenvalue weighted by Gasteiger charge is -2.33. The number of amides is 3. The number of hydrogen-bond acceptors (Lipinski definition) is 3. The first-order valence-electron chi connectivity index (χ1n) is 8.60. The molecular weight excluding hydrogens is 318 g/mol. The molecule has 1 saturated heterocycles. The number of carbonyl (C=O) groups excluding carboxylic acids is 2. The van der Waals surface area contributed by atoms with E-state index in [1.165, 1.54) is 0 Å². The van der Waals surface area contributed by atoms with Crippen LogP contribution in [-0.4, -0.2) is 41.8 Å². The summed E-state index contributed by atoms with van der Waals surface area (Å²) in [6.07, 6.45) is 4.61. The Labute approximate surface area is 149 Å². The average Bonchev–Trinajstić information content (AvgIpc) is 2.55. The molecule has 1 aromatic rings. The van der Waals surface area contributed by atoms with Gasteiger partial charge < -0.3 is 20.3 Å². The van der Waals surface area contributed by atoms with E-state index < -0.39 is 5.60 Å². The fraction of sp³-hybridized carbons (Fsp3) is 0.474. The molecule has 3 amide bonds. The number of rotatable bonds is 3. The van der Waals surface area contributed by atoms with E-state index in [2.05, 4.69) is 10.6 Å². The maximum atomic E-state index is 12.0. The van der Waals surface area contributed by atoms with Crippen molar-refractivity contribution in [1.82, 2.24) is 15.5 Å². The maximum absolute atomic E-state index is 12.0. The number of hydrogen-bond donors (Lipinski definition) is 2. The molecule has 0 spiro atoms. The molecule has 25 heavy (non-hydrogen) atoms. The third-order valence-electron chi connectivity index (χ3n) is 3.77. The highest BCUT2D eigenvalue weighted by molar-refractivity contribution is 5.76. The standard InChI is InChI=1S/C19H27N3O3/c1-19(2,3)25-18(24)22-13-10-16(11-14-22)21-17(23)20-12-9-15-7-5-4-6-8-15/h4-9,12,16H,10-11,13-14H2,1-3H3,(H2,20,21,23)/b12-9+. The smallest absolute Gasteiger partial charge is 0.410 e. The molecule has 1 fully saturated rings. The van der Waals surface area contributed by atoms with Crippen molar-refractivity contribution in [2.24, 2.45) is 0 Å². The van der Waals surface area contributed by atoms with Gasteiger partial charge >= 0.3 is 12.1 Å². The van der Waals surface area contributed by atoms with Gasteiger partial charge in [-0.05, 0) is 45.3 Å². The van der Waals surface area contributed by atoms with Crippen LogP contribution in [0.15, 0.2) is 36.5 Å². The van der Waals surface area contributed by atoms with Crippen LogP contribution in [-0.2, 0) is 4.74 Å². The van der Waals surface area contributed by atoms with Crippen molar-refractivity contribution in [3.63, 3.8) is 0 Å². The van der Waals surface area contributed by atoms with Gasteiger partial charge in [0.05, 0.1) is 0 Å². The fourth-order valence-electron chi connectivity index (χ4n) is 2.54. The van der Waals surface area contributed by atoms with Crippen LogP contribution in [0, 0.1) is 0 Å². The zero-order chi connectivity index (χ0) is 18.3. The van der Waals surface area contributed by atoms with E-state index in [9.17, 15) is 9.59 Å². The van der Waals surface area contributed by atoms with Crippen LogP contribution in [0.3, 0.4) is 0 Å². The summed E-state index contributed by atoms with van der Waals surface area (Å²) in [6, 6.07) is 9.58. The molecule has 1 aliphatic heterocycles. The Kier molecular flexibility index (Phi) is 6.44. The molecule has 0 aromatic heterocycles. The molecule has 6 nitrogen and oxygen atoms in total. The number of benzene rings is 1. The number of likely N-dealkylation sites (tertiary alicyclic amines) is 1. The van der Waals surface area contributed by atoms with Crippen molar-refractivity contribution < 1.29 is 14.3 Å². The molecule has 0 radical (unpaired) electrons. The van der Waals surface area contributed by atoms with Gasteiger partial charge in [0.25, 0.3) is 0 Å². The van der Waals surface area contributed by atoms with Gasteiger partial charge in [0.1, 0.15) is 5.60 Å². The van der Waals surface area contributed by atoms with Crippen molar-refractivity contribution in [2.75, 3.05) is 13.1 Å². The number of piperidine rings is 1. The van der Waals surface area contributed by atoms with Gasteiger partial charge in [0, 0.05) is 25.3 Å². The van der Waals surface area contributed by atoms with Gasteiger partial charge in [-0.25, -0.2) is 9.59 Å². The second kappa shape index (κ2) is 8.55. The highest BCUT2D eigenvalue weighted by atomic mass is 16.6. The lowest BCUT2D eigenvalue weighted by Crippen LogP contribution is -2.49. The van der Waals surface area contributed by atoms with Crippen LogP contribution in [0.25, 0.3) is 6.08 Å². The first-order chi connectivity index (χ1) is 11.8. The second-order valence-corrected chi connectivity index (χ2v) is 7.10. The topological polar surface area (TPSA) is 70.7 Å². The largest absolute Gasteiger partial charge is 0.444 e. The highest BCUT2D eigenvalue weighted by Crippen LogP contribution is 2.15. The molecule has 2 rings (SSSR count). The Hall–Kier alpha value is -2.50. The van der Waals surface area contributed by atoms with E-state index in [-0.39, 0.29) is 18.2 Å². The zero-order valence-corrected chi connectivity index (χ0v) is 15.1. The lowest BCUT2D eigenvalue weighted by molar-refractivity contribution is 0.0201. The lowest BCUT2D eigenvalue weighted by atomic mass is 10.1. The minimum Gasteiger partial charge on any atom is -0.444 e. The Bertz CT molecular complexity index is 600. The van der Waals surface area contributed by atoms with E-state index >= 15 is 0 Å².